The molecule has 1 fully saturated rings. The topological polar surface area (TPSA) is 55.7 Å². The van der Waals surface area contributed by atoms with E-state index in [1.54, 1.807) is 7.11 Å². The van der Waals surface area contributed by atoms with Crippen molar-refractivity contribution in [1.82, 2.24) is 4.98 Å². The number of aromatic nitrogens is 1. The van der Waals surface area contributed by atoms with Gasteiger partial charge in [-0.25, -0.2) is 4.98 Å². The summed E-state index contributed by atoms with van der Waals surface area (Å²) in [4.78, 5) is 17.8. The molecule has 0 atom stereocenters. The van der Waals surface area contributed by atoms with E-state index in [4.69, 9.17) is 4.74 Å². The Morgan fingerprint density at radius 1 is 1.45 bits per heavy atom. The molecule has 106 valence electrons. The van der Waals surface area contributed by atoms with Crippen molar-refractivity contribution in [2.75, 3.05) is 32.1 Å². The Morgan fingerprint density at radius 3 is 3.00 bits per heavy atom. The van der Waals surface area contributed by atoms with Crippen LogP contribution in [0.1, 0.15) is 12.8 Å². The molecule has 3 rings (SSSR count). The summed E-state index contributed by atoms with van der Waals surface area (Å²) in [6.07, 6.45) is 2.45. The predicted molar refractivity (Wildman–Crippen MR) is 79.6 cm³/mol. The van der Waals surface area contributed by atoms with E-state index in [9.17, 15) is 4.79 Å². The molecule has 0 unspecified atom stereocenters. The van der Waals surface area contributed by atoms with Gasteiger partial charge in [-0.2, -0.15) is 0 Å². The van der Waals surface area contributed by atoms with Gasteiger partial charge in [-0.1, -0.05) is 11.3 Å². The molecule has 1 amide bonds. The third-order valence-electron chi connectivity index (χ3n) is 3.56. The summed E-state index contributed by atoms with van der Waals surface area (Å²) < 4.78 is 6.21. The number of fused-ring (bicyclic) bond motifs is 1. The highest BCUT2D eigenvalue weighted by Crippen LogP contribution is 2.28. The van der Waals surface area contributed by atoms with Gasteiger partial charge in [0.2, 0.25) is 0 Å². The summed E-state index contributed by atoms with van der Waals surface area (Å²) in [5.74, 6) is 0.855. The fraction of sp³-hybridized carbons (Fsp3) is 0.429. The minimum Gasteiger partial charge on any atom is -0.497 e. The van der Waals surface area contributed by atoms with Crippen molar-refractivity contribution in [2.45, 2.75) is 12.8 Å². The van der Waals surface area contributed by atoms with E-state index in [1.165, 1.54) is 29.1 Å². The molecule has 0 aliphatic carbocycles. The lowest BCUT2D eigenvalue weighted by atomic mass is 10.3. The van der Waals surface area contributed by atoms with Crippen LogP contribution < -0.4 is 15.0 Å². The lowest BCUT2D eigenvalue weighted by Gasteiger charge is -2.10. The van der Waals surface area contributed by atoms with Gasteiger partial charge < -0.3 is 9.64 Å². The third-order valence-corrected chi connectivity index (χ3v) is 4.50. The number of methoxy groups -OCH3 is 1. The van der Waals surface area contributed by atoms with E-state index in [1.807, 2.05) is 18.2 Å². The number of carbonyl (C=O) groups is 1. The summed E-state index contributed by atoms with van der Waals surface area (Å²) in [6.45, 7) is 2.74. The number of anilines is 1. The smallest absolute Gasteiger partial charge is 0.281 e. The first-order valence-electron chi connectivity index (χ1n) is 6.82. The summed E-state index contributed by atoms with van der Waals surface area (Å²) in [5, 5.41) is 3.57. The Hall–Kier alpha value is -1.66. The fourth-order valence-corrected chi connectivity index (χ4v) is 3.44. The molecule has 0 spiro atoms. The second-order valence-electron chi connectivity index (χ2n) is 5.03. The number of nitrogens with one attached hydrogen (secondary N) is 2. The van der Waals surface area contributed by atoms with Gasteiger partial charge in [-0.15, -0.1) is 0 Å². The Bertz CT molecular complexity index is 620. The molecule has 2 N–H and O–H groups in total. The second-order valence-corrected chi connectivity index (χ2v) is 6.07. The Labute approximate surface area is 121 Å². The quantitative estimate of drug-likeness (QED) is 0.881. The molecule has 1 aromatic heterocycles. The number of quaternary nitrogens is 1. The van der Waals surface area contributed by atoms with Gasteiger partial charge in [0.25, 0.3) is 5.91 Å². The number of nitrogens with zero attached hydrogens (tertiary/aromatic N) is 1. The largest absolute Gasteiger partial charge is 0.497 e. The van der Waals surface area contributed by atoms with Crippen LogP contribution in [0.3, 0.4) is 0 Å². The van der Waals surface area contributed by atoms with Crippen molar-refractivity contribution in [3.05, 3.63) is 18.2 Å². The van der Waals surface area contributed by atoms with Crippen LogP contribution in [0.15, 0.2) is 18.2 Å². The molecule has 20 heavy (non-hydrogen) atoms. The van der Waals surface area contributed by atoms with Gasteiger partial charge in [0.15, 0.2) is 11.7 Å². The zero-order valence-corrected chi connectivity index (χ0v) is 12.3. The number of benzene rings is 1. The van der Waals surface area contributed by atoms with Crippen LogP contribution in [0.5, 0.6) is 5.75 Å². The molecular formula is C14H18N3O2S+. The minimum absolute atomic E-state index is 0.0490. The number of ether oxygens (including phenoxy) is 1. The van der Waals surface area contributed by atoms with Crippen molar-refractivity contribution >= 4 is 32.6 Å². The van der Waals surface area contributed by atoms with Gasteiger partial charge in [-0.3, -0.25) is 10.1 Å². The molecule has 0 bridgehead atoms. The first-order valence-corrected chi connectivity index (χ1v) is 7.64. The number of likely N-dealkylation sites (tertiary alicyclic amines) is 1. The lowest BCUT2D eigenvalue weighted by molar-refractivity contribution is -0.878. The number of amides is 1. The van der Waals surface area contributed by atoms with Gasteiger partial charge in [0.05, 0.1) is 30.4 Å². The number of hydrogen-bond acceptors (Lipinski definition) is 4. The number of thiazole rings is 1. The molecule has 1 saturated heterocycles. The highest BCUT2D eigenvalue weighted by molar-refractivity contribution is 7.22. The summed E-state index contributed by atoms with van der Waals surface area (Å²) in [6, 6.07) is 5.72. The molecule has 5 nitrogen and oxygen atoms in total. The van der Waals surface area contributed by atoms with E-state index in [0.29, 0.717) is 11.7 Å². The van der Waals surface area contributed by atoms with Gasteiger partial charge in [0.1, 0.15) is 5.75 Å². The average Bonchev–Trinajstić information content (AvgIpc) is 3.06. The number of carbonyl (C=O) groups excluding carboxylic acids is 1. The van der Waals surface area contributed by atoms with E-state index in [0.717, 1.165) is 29.1 Å². The maximum absolute atomic E-state index is 12.0. The van der Waals surface area contributed by atoms with E-state index in [-0.39, 0.29) is 5.91 Å². The van der Waals surface area contributed by atoms with E-state index < -0.39 is 0 Å². The molecule has 1 aliphatic rings. The van der Waals surface area contributed by atoms with Crippen LogP contribution >= 0.6 is 11.3 Å². The van der Waals surface area contributed by atoms with E-state index in [2.05, 4.69) is 10.3 Å². The van der Waals surface area contributed by atoms with Crippen LogP contribution in [0.2, 0.25) is 0 Å². The Kier molecular flexibility index (Phi) is 3.84. The minimum atomic E-state index is 0.0490. The summed E-state index contributed by atoms with van der Waals surface area (Å²) >= 11 is 1.48. The van der Waals surface area contributed by atoms with E-state index >= 15 is 0 Å². The van der Waals surface area contributed by atoms with Gasteiger partial charge in [-0.05, 0) is 18.2 Å². The van der Waals surface area contributed by atoms with Crippen LogP contribution in [-0.2, 0) is 4.79 Å². The highest BCUT2D eigenvalue weighted by atomic mass is 32.1. The first-order chi connectivity index (χ1) is 9.74. The molecule has 2 heterocycles. The fourth-order valence-electron chi connectivity index (χ4n) is 2.53. The summed E-state index contributed by atoms with van der Waals surface area (Å²) in [7, 11) is 1.64. The van der Waals surface area contributed by atoms with Crippen molar-refractivity contribution in [3.63, 3.8) is 0 Å². The lowest BCUT2D eigenvalue weighted by Crippen LogP contribution is -3.11. The second kappa shape index (κ2) is 5.76. The molecule has 1 aromatic carbocycles. The van der Waals surface area contributed by atoms with Crippen LogP contribution in [0.4, 0.5) is 5.13 Å². The van der Waals surface area contributed by atoms with Gasteiger partial charge >= 0.3 is 0 Å². The highest BCUT2D eigenvalue weighted by Gasteiger charge is 2.19. The molecular weight excluding hydrogens is 274 g/mol. The Balaban J connectivity index is 1.68. The average molecular weight is 292 g/mol. The molecule has 1 aliphatic heterocycles. The molecule has 2 aromatic rings. The van der Waals surface area contributed by atoms with Crippen molar-refractivity contribution in [2.24, 2.45) is 0 Å². The number of hydrogen-bond donors (Lipinski definition) is 2. The predicted octanol–water partition coefficient (Wildman–Crippen LogP) is 0.922. The molecule has 6 heteroatoms. The monoisotopic (exact) mass is 292 g/mol. The zero-order valence-electron chi connectivity index (χ0n) is 11.4. The first kappa shape index (κ1) is 13.3. The van der Waals surface area contributed by atoms with Crippen LogP contribution in [0, 0.1) is 0 Å². The van der Waals surface area contributed by atoms with Crippen LogP contribution in [0.25, 0.3) is 10.2 Å². The molecule has 0 saturated carbocycles. The molecule has 0 radical (unpaired) electrons. The standard InChI is InChI=1S/C14H17N3O2S/c1-19-10-4-5-11-12(8-10)20-14(15-11)16-13(18)9-17-6-2-3-7-17/h4-5,8H,2-3,6-7,9H2,1H3,(H,15,16,18)/p+1. The maximum atomic E-state index is 12.0. The SMILES string of the molecule is COc1ccc2nc(NC(=O)C[NH+]3CCCC3)sc2c1. The Morgan fingerprint density at radius 2 is 2.25 bits per heavy atom. The van der Waals surface area contributed by atoms with Gasteiger partial charge in [0, 0.05) is 12.8 Å². The summed E-state index contributed by atoms with van der Waals surface area (Å²) in [5.41, 5.74) is 0.889. The maximum Gasteiger partial charge on any atom is 0.281 e. The van der Waals surface area contributed by atoms with Crippen LogP contribution in [-0.4, -0.2) is 37.6 Å². The van der Waals surface area contributed by atoms with Crippen molar-refractivity contribution in [3.8, 4) is 5.75 Å². The zero-order chi connectivity index (χ0) is 13.9. The van der Waals surface area contributed by atoms with Crippen molar-refractivity contribution < 1.29 is 14.4 Å². The normalized spacial score (nSPS) is 15.7. The number of rotatable bonds is 4. The third kappa shape index (κ3) is 2.91. The van der Waals surface area contributed by atoms with Crippen molar-refractivity contribution in [1.29, 1.82) is 0 Å².